The number of piperidine rings is 1. The zero-order valence-corrected chi connectivity index (χ0v) is 10.5. The highest BCUT2D eigenvalue weighted by molar-refractivity contribution is 5.75. The van der Waals surface area contributed by atoms with Gasteiger partial charge in [-0.15, -0.1) is 0 Å². The van der Waals surface area contributed by atoms with Gasteiger partial charge in [-0.1, -0.05) is 0 Å². The molecule has 1 atom stereocenters. The van der Waals surface area contributed by atoms with Gasteiger partial charge in [-0.05, 0) is 40.0 Å². The molecule has 1 fully saturated rings. The monoisotopic (exact) mass is 229 g/mol. The summed E-state index contributed by atoms with van der Waals surface area (Å²) in [7, 11) is 5.60. The molecule has 5 heteroatoms. The van der Waals surface area contributed by atoms with Gasteiger partial charge in [0.15, 0.2) is 0 Å². The molecule has 0 amide bonds. The summed E-state index contributed by atoms with van der Waals surface area (Å²) in [4.78, 5) is 15.7. The summed E-state index contributed by atoms with van der Waals surface area (Å²) in [6, 6.07) is 0.145. The van der Waals surface area contributed by atoms with Gasteiger partial charge in [-0.2, -0.15) is 0 Å². The highest BCUT2D eigenvalue weighted by atomic mass is 16.5. The molecule has 0 aromatic carbocycles. The molecule has 1 aliphatic heterocycles. The van der Waals surface area contributed by atoms with E-state index in [4.69, 9.17) is 5.73 Å². The van der Waals surface area contributed by atoms with E-state index in [-0.39, 0.29) is 5.97 Å². The number of hydrogen-bond acceptors (Lipinski definition) is 5. The van der Waals surface area contributed by atoms with Gasteiger partial charge in [0, 0.05) is 12.6 Å². The van der Waals surface area contributed by atoms with Gasteiger partial charge in [0.25, 0.3) is 0 Å². The molecule has 1 saturated heterocycles. The molecule has 0 saturated carbocycles. The van der Waals surface area contributed by atoms with Crippen LogP contribution in [0.4, 0.5) is 0 Å². The van der Waals surface area contributed by atoms with Crippen molar-refractivity contribution in [2.24, 2.45) is 5.73 Å². The number of nitrogens with two attached hydrogens (primary N) is 1. The first-order valence-electron chi connectivity index (χ1n) is 5.76. The van der Waals surface area contributed by atoms with Crippen LogP contribution in [0.5, 0.6) is 0 Å². The van der Waals surface area contributed by atoms with Crippen molar-refractivity contribution in [3.8, 4) is 0 Å². The van der Waals surface area contributed by atoms with Crippen molar-refractivity contribution in [1.29, 1.82) is 0 Å². The van der Waals surface area contributed by atoms with Gasteiger partial charge in [0.1, 0.15) is 6.04 Å². The third-order valence-electron chi connectivity index (χ3n) is 3.25. The van der Waals surface area contributed by atoms with Gasteiger partial charge >= 0.3 is 5.97 Å². The first-order valence-corrected chi connectivity index (χ1v) is 5.76. The number of carbonyl (C=O) groups is 1. The Kier molecular flexibility index (Phi) is 5.18. The van der Waals surface area contributed by atoms with Crippen molar-refractivity contribution >= 4 is 5.97 Å². The molecular weight excluding hydrogens is 206 g/mol. The Hall–Kier alpha value is -0.650. The second kappa shape index (κ2) is 6.18. The van der Waals surface area contributed by atoms with Crippen molar-refractivity contribution in [1.82, 2.24) is 9.80 Å². The van der Waals surface area contributed by atoms with Crippen LogP contribution in [0.2, 0.25) is 0 Å². The van der Waals surface area contributed by atoms with Crippen LogP contribution in [-0.2, 0) is 9.53 Å². The quantitative estimate of drug-likeness (QED) is 0.659. The van der Waals surface area contributed by atoms with Crippen molar-refractivity contribution in [2.45, 2.75) is 24.9 Å². The molecule has 1 rings (SSSR count). The maximum atomic E-state index is 11.2. The zero-order chi connectivity index (χ0) is 12.1. The first-order chi connectivity index (χ1) is 7.54. The molecule has 0 aliphatic carbocycles. The van der Waals surface area contributed by atoms with E-state index >= 15 is 0 Å². The smallest absolute Gasteiger partial charge is 0.323 e. The van der Waals surface area contributed by atoms with Gasteiger partial charge in [-0.3, -0.25) is 4.79 Å². The van der Waals surface area contributed by atoms with Crippen LogP contribution in [0, 0.1) is 0 Å². The predicted molar refractivity (Wildman–Crippen MR) is 63.1 cm³/mol. The van der Waals surface area contributed by atoms with E-state index in [1.807, 2.05) is 0 Å². The number of likely N-dealkylation sites (tertiary alicyclic amines) is 1. The Morgan fingerprint density at radius 3 is 2.50 bits per heavy atom. The highest BCUT2D eigenvalue weighted by Gasteiger charge is 2.24. The Morgan fingerprint density at radius 1 is 1.50 bits per heavy atom. The van der Waals surface area contributed by atoms with E-state index in [1.165, 1.54) is 7.11 Å². The molecule has 0 radical (unpaired) electrons. The molecule has 1 heterocycles. The lowest BCUT2D eigenvalue weighted by atomic mass is 10.0. The lowest BCUT2D eigenvalue weighted by molar-refractivity contribution is -0.142. The summed E-state index contributed by atoms with van der Waals surface area (Å²) in [5, 5.41) is 0. The van der Waals surface area contributed by atoms with E-state index in [9.17, 15) is 4.79 Å². The summed E-state index contributed by atoms with van der Waals surface area (Å²) in [5.41, 5.74) is 5.73. The second-order valence-corrected chi connectivity index (χ2v) is 4.63. The topological polar surface area (TPSA) is 58.8 Å². The van der Waals surface area contributed by atoms with Gasteiger partial charge in [0.05, 0.1) is 7.11 Å². The molecule has 94 valence electrons. The average Bonchev–Trinajstić information content (AvgIpc) is 2.28. The van der Waals surface area contributed by atoms with Crippen LogP contribution >= 0.6 is 0 Å². The Morgan fingerprint density at radius 2 is 2.06 bits per heavy atom. The summed E-state index contributed by atoms with van der Waals surface area (Å²) in [6.45, 7) is 2.62. The fraction of sp³-hybridized carbons (Fsp3) is 0.909. The van der Waals surface area contributed by atoms with Crippen molar-refractivity contribution in [3.63, 3.8) is 0 Å². The third-order valence-corrected chi connectivity index (χ3v) is 3.25. The second-order valence-electron chi connectivity index (χ2n) is 4.63. The Bertz CT molecular complexity index is 225. The molecule has 5 nitrogen and oxygen atoms in total. The summed E-state index contributed by atoms with van der Waals surface area (Å²) in [6.07, 6.45) is 2.28. The summed E-state index contributed by atoms with van der Waals surface area (Å²) >= 11 is 0. The number of ether oxygens (including phenoxy) is 1. The van der Waals surface area contributed by atoms with Crippen molar-refractivity contribution in [3.05, 3.63) is 0 Å². The lowest BCUT2D eigenvalue weighted by Crippen LogP contribution is -2.48. The van der Waals surface area contributed by atoms with Crippen LogP contribution in [-0.4, -0.2) is 68.7 Å². The zero-order valence-electron chi connectivity index (χ0n) is 10.5. The molecule has 1 aliphatic rings. The van der Waals surface area contributed by atoms with Crippen molar-refractivity contribution in [2.75, 3.05) is 40.8 Å². The van der Waals surface area contributed by atoms with Crippen LogP contribution < -0.4 is 5.73 Å². The number of nitrogens with zero attached hydrogens (tertiary/aromatic N) is 2. The minimum Gasteiger partial charge on any atom is -0.468 e. The number of carbonyl (C=O) groups excluding carboxylic acids is 1. The van der Waals surface area contributed by atoms with Gasteiger partial charge in [0.2, 0.25) is 0 Å². The highest BCUT2D eigenvalue weighted by Crippen LogP contribution is 2.14. The van der Waals surface area contributed by atoms with E-state index in [0.29, 0.717) is 12.6 Å². The Balaban J connectivity index is 2.29. The van der Waals surface area contributed by atoms with E-state index in [0.717, 1.165) is 25.9 Å². The lowest BCUT2D eigenvalue weighted by Gasteiger charge is -2.35. The van der Waals surface area contributed by atoms with E-state index in [2.05, 4.69) is 28.6 Å². The van der Waals surface area contributed by atoms with Crippen LogP contribution in [0.25, 0.3) is 0 Å². The van der Waals surface area contributed by atoms with E-state index < -0.39 is 6.04 Å². The predicted octanol–water partition coefficient (Wildman–Crippen LogP) is -0.487. The molecule has 0 aromatic rings. The average molecular weight is 229 g/mol. The molecular formula is C11H23N3O2. The van der Waals surface area contributed by atoms with Gasteiger partial charge < -0.3 is 20.3 Å². The van der Waals surface area contributed by atoms with Crippen molar-refractivity contribution < 1.29 is 9.53 Å². The van der Waals surface area contributed by atoms with Crippen LogP contribution in [0.1, 0.15) is 12.8 Å². The van der Waals surface area contributed by atoms with Gasteiger partial charge in [-0.25, -0.2) is 0 Å². The molecule has 1 unspecified atom stereocenters. The maximum Gasteiger partial charge on any atom is 0.323 e. The summed E-state index contributed by atoms with van der Waals surface area (Å²) in [5.74, 6) is -0.324. The van der Waals surface area contributed by atoms with E-state index in [1.54, 1.807) is 0 Å². The minimum atomic E-state index is -0.513. The summed E-state index contributed by atoms with van der Waals surface area (Å²) < 4.78 is 4.61. The van der Waals surface area contributed by atoms with Crippen LogP contribution in [0.3, 0.4) is 0 Å². The normalized spacial score (nSPS) is 21.1. The molecule has 0 bridgehead atoms. The number of methoxy groups -OCH3 is 1. The fourth-order valence-electron chi connectivity index (χ4n) is 2.12. The standard InChI is InChI=1S/C11H23N3O2/c1-13(2)9-4-6-14(7-5-9)8-10(12)11(15)16-3/h9-10H,4-8,12H2,1-3H3. The maximum absolute atomic E-state index is 11.2. The Labute approximate surface area is 97.5 Å². The number of rotatable bonds is 4. The first kappa shape index (κ1) is 13.4. The largest absolute Gasteiger partial charge is 0.468 e. The minimum absolute atomic E-state index is 0.324. The molecule has 0 aromatic heterocycles. The van der Waals surface area contributed by atoms with Crippen LogP contribution in [0.15, 0.2) is 0 Å². The number of esters is 1. The SMILES string of the molecule is COC(=O)C(N)CN1CCC(N(C)C)CC1. The molecule has 2 N–H and O–H groups in total. The number of hydrogen-bond donors (Lipinski definition) is 1. The fourth-order valence-corrected chi connectivity index (χ4v) is 2.12. The molecule has 0 spiro atoms. The molecule has 16 heavy (non-hydrogen) atoms. The third kappa shape index (κ3) is 3.73.